The second kappa shape index (κ2) is 57.9. The highest BCUT2D eigenvalue weighted by Gasteiger charge is 2.32. The van der Waals surface area contributed by atoms with Crippen LogP contribution in [-0.4, -0.2) is 163 Å². The number of carboxylic acid groups (broad SMARTS) is 1. The number of phenols is 1. The molecule has 8 rings (SSSR count). The Balaban J connectivity index is -0.00000112. The number of likely N-dealkylation sites (tertiary alicyclic amines) is 2. The maximum absolute atomic E-state index is 13.0. The maximum Gasteiger partial charge on any atom is 0.391 e. The topological polar surface area (TPSA) is 208 Å². The van der Waals surface area contributed by atoms with Crippen LogP contribution in [0.3, 0.4) is 0 Å². The molecule has 1 unspecified atom stereocenters. The van der Waals surface area contributed by atoms with Gasteiger partial charge >= 0.3 is 24.1 Å². The van der Waals surface area contributed by atoms with Crippen LogP contribution in [0, 0.1) is 53.1 Å². The lowest BCUT2D eigenvalue weighted by atomic mass is 10.0. The van der Waals surface area contributed by atoms with E-state index in [4.69, 9.17) is 49.4 Å². The molecule has 1 atom stereocenters. The van der Waals surface area contributed by atoms with Gasteiger partial charge in [0.15, 0.2) is 11.5 Å². The molecule has 0 bridgehead atoms. The van der Waals surface area contributed by atoms with Crippen LogP contribution < -0.4 is 14.8 Å². The van der Waals surface area contributed by atoms with Crippen molar-refractivity contribution in [3.8, 4) is 17.2 Å². The molecular weight excluding hydrogens is 1510 g/mol. The van der Waals surface area contributed by atoms with Crippen molar-refractivity contribution >= 4 is 74.5 Å². The first-order valence-electron chi connectivity index (χ1n) is 37.3. The standard InChI is InChI=1S/C10H12O2.C9H10BrClO.2C9H10ClF.2C9H19NO.C8H16N2O.C6H12O2.C5H10O2.C4H7F3.C4H8O2/c1-7(2)8-3-4-9-10(5-8)12-6-11-9;1-5(2)7-3-6(10)4-8(11)9(7)12;1-6(2)8-4-3-7(10)5-9(8)11;1-6(2)7-4-3-5-8(11)9(7)10;1-8(2)7-10-5-3-9(11)4-6-10;1-8(2)6-10-5-3-4-9(11)7-10;1-7(2)5-10-4-3-9-8(11)6-10;1-4-8-6(7)5(2)3;1-4(2)5(6)7-3;1-3(2)4(5,6)7;1-3(2)4(5)6/h3-5,7H,6H2,1-2H3;3-5,12H,1-2H3;2*3-6H,1-2H3;2*8-9,11H,3-7H2,1-2H3;7H,3-6H2,1-2H3,(H,9,11);5H,4H2,1-3H3;4H,1-3H3;3H,1-2H3;3H,1-2H3,(H,5,6). The Bertz CT molecular complexity index is 3080. The summed E-state index contributed by atoms with van der Waals surface area (Å²) in [6, 6.07) is 19.3. The Labute approximate surface area is 663 Å². The molecule has 5 N–H and O–H groups in total. The number of halogens is 9. The number of ether oxygens (including phenoxy) is 4. The molecule has 107 heavy (non-hydrogen) atoms. The molecule has 1 amide bonds. The van der Waals surface area contributed by atoms with Gasteiger partial charge in [-0.15, -0.1) is 0 Å². The van der Waals surface area contributed by atoms with Gasteiger partial charge in [-0.1, -0.05) is 227 Å². The van der Waals surface area contributed by atoms with E-state index in [9.17, 15) is 56.4 Å². The third-order valence-corrected chi connectivity index (χ3v) is 16.9. The molecule has 4 aromatic rings. The van der Waals surface area contributed by atoms with Gasteiger partial charge in [-0.2, -0.15) is 13.2 Å². The van der Waals surface area contributed by atoms with Crippen molar-refractivity contribution in [2.24, 2.45) is 41.4 Å². The lowest BCUT2D eigenvalue weighted by molar-refractivity contribution is -0.164. The predicted octanol–water partition coefficient (Wildman–Crippen LogP) is 20.9. The lowest BCUT2D eigenvalue weighted by Crippen LogP contribution is -2.48. The fourth-order valence-electron chi connectivity index (χ4n) is 9.47. The molecule has 4 aliphatic heterocycles. The van der Waals surface area contributed by atoms with Gasteiger partial charge in [-0.3, -0.25) is 24.1 Å². The highest BCUT2D eigenvalue weighted by Crippen LogP contribution is 2.36. The Hall–Kier alpha value is -5.04. The average molecular weight is 1650 g/mol. The molecule has 4 heterocycles. The van der Waals surface area contributed by atoms with Crippen LogP contribution in [0.5, 0.6) is 17.2 Å². The minimum absolute atomic E-state index is 0.00463. The summed E-state index contributed by atoms with van der Waals surface area (Å²) in [6.07, 6.45) is -0.0111. The van der Waals surface area contributed by atoms with Crippen molar-refractivity contribution in [1.29, 1.82) is 0 Å². The van der Waals surface area contributed by atoms with Gasteiger partial charge in [0.2, 0.25) is 12.7 Å². The number of esters is 2. The van der Waals surface area contributed by atoms with Crippen molar-refractivity contribution in [1.82, 2.24) is 20.0 Å². The van der Waals surface area contributed by atoms with E-state index in [0.29, 0.717) is 41.8 Å². The minimum atomic E-state index is -4.00. The van der Waals surface area contributed by atoms with Crippen LogP contribution in [0.2, 0.25) is 15.1 Å². The number of carbonyl (C=O) groups is 4. The van der Waals surface area contributed by atoms with Gasteiger partial charge in [-0.25, -0.2) is 8.78 Å². The summed E-state index contributed by atoms with van der Waals surface area (Å²) in [5, 5.41) is 40.0. The van der Waals surface area contributed by atoms with E-state index in [1.54, 1.807) is 58.9 Å². The molecule has 4 aromatic carbocycles. The summed E-state index contributed by atoms with van der Waals surface area (Å²) in [7, 11) is 1.39. The molecule has 0 spiro atoms. The van der Waals surface area contributed by atoms with Gasteiger partial charge in [0, 0.05) is 67.8 Å². The van der Waals surface area contributed by atoms with Crippen LogP contribution in [0.15, 0.2) is 71.2 Å². The van der Waals surface area contributed by atoms with Crippen molar-refractivity contribution in [3.63, 3.8) is 0 Å². The van der Waals surface area contributed by atoms with E-state index in [1.807, 2.05) is 79.7 Å². The Morgan fingerprint density at radius 2 is 1.11 bits per heavy atom. The van der Waals surface area contributed by atoms with Crippen LogP contribution in [0.1, 0.15) is 231 Å². The number of hydrogen-bond donors (Lipinski definition) is 5. The number of rotatable bonds is 14. The van der Waals surface area contributed by atoms with E-state index in [0.717, 1.165) is 130 Å². The summed E-state index contributed by atoms with van der Waals surface area (Å²) < 4.78 is 79.8. The number of phenolic OH excluding ortho intramolecular Hbond substituents is 1. The SMILES string of the molecule is CC(C)C(=O)O.CC(C)C(F)(F)F.CC(C)CN1CCC(O)CC1.CC(C)CN1CCCC(O)C1.CC(C)CN1CCNC(=O)C1.CC(C)c1cc(Br)cc(Cl)c1O.CC(C)c1ccc(Cl)cc1F.CC(C)c1ccc2c(c1)OCO2.CC(C)c1cccc(F)c1Cl.CCOC(=O)C(C)C.COC(=O)C(C)C. The average Bonchev–Trinajstić information content (AvgIpc) is 1.84. The summed E-state index contributed by atoms with van der Waals surface area (Å²) in [4.78, 5) is 48.4. The van der Waals surface area contributed by atoms with Crippen molar-refractivity contribution in [2.75, 3.05) is 86.0 Å². The summed E-state index contributed by atoms with van der Waals surface area (Å²) in [5.41, 5.74) is 3.75. The third-order valence-electron chi connectivity index (χ3n) is 15.5. The molecule has 0 aromatic heterocycles. The third kappa shape index (κ3) is 51.9. The van der Waals surface area contributed by atoms with Gasteiger partial charge in [0.1, 0.15) is 17.4 Å². The molecule has 3 saturated heterocycles. The van der Waals surface area contributed by atoms with E-state index >= 15 is 0 Å². The minimum Gasteiger partial charge on any atom is -0.506 e. The number of fused-ring (bicyclic) bond motifs is 1. The van der Waals surface area contributed by atoms with E-state index in [-0.39, 0.29) is 88.0 Å². The van der Waals surface area contributed by atoms with Crippen LogP contribution >= 0.6 is 50.7 Å². The number of piperazine rings is 1. The number of β-amino-alcohol motifs (C(OH)–C–C–N with tert-alkyl or cyclic N) is 1. The molecule has 0 radical (unpaired) electrons. The van der Waals surface area contributed by atoms with E-state index in [1.165, 1.54) is 37.9 Å². The zero-order valence-corrected chi connectivity index (χ0v) is 72.3. The number of piperidine rings is 2. The number of hydrogen-bond acceptors (Lipinski definition) is 14. The van der Waals surface area contributed by atoms with Crippen molar-refractivity contribution < 1.29 is 80.5 Å². The fraction of sp³-hybridized carbons (Fsp3) is 0.659. The Morgan fingerprint density at radius 3 is 1.51 bits per heavy atom. The predicted molar refractivity (Wildman–Crippen MR) is 432 cm³/mol. The quantitative estimate of drug-likeness (QED) is 0.0588. The summed E-state index contributed by atoms with van der Waals surface area (Å²) in [5.74, 6) is 2.55. The van der Waals surface area contributed by atoms with Gasteiger partial charge in [0.25, 0.3) is 0 Å². The second-order valence-corrected chi connectivity index (χ2v) is 32.1. The number of carboxylic acids is 1. The zero-order chi connectivity index (χ0) is 83.2. The highest BCUT2D eigenvalue weighted by atomic mass is 79.9. The monoisotopic (exact) mass is 1640 g/mol. The summed E-state index contributed by atoms with van der Waals surface area (Å²) >= 11 is 20.4. The first kappa shape index (κ1) is 106. The maximum atomic E-state index is 13.0. The molecule has 0 aliphatic carbocycles. The molecule has 25 heteroatoms. The van der Waals surface area contributed by atoms with Crippen LogP contribution in [-0.2, 0) is 28.7 Å². The first-order valence-corrected chi connectivity index (χ1v) is 39.3. The van der Waals surface area contributed by atoms with Crippen LogP contribution in [0.25, 0.3) is 0 Å². The number of nitrogens with one attached hydrogen (secondary N) is 1. The van der Waals surface area contributed by atoms with Gasteiger partial charge < -0.3 is 54.5 Å². The smallest absolute Gasteiger partial charge is 0.391 e. The van der Waals surface area contributed by atoms with Gasteiger partial charge in [-0.05, 0) is 145 Å². The number of nitrogens with zero attached hydrogens (tertiary/aromatic N) is 3. The molecule has 616 valence electrons. The zero-order valence-electron chi connectivity index (χ0n) is 68.5. The van der Waals surface area contributed by atoms with Crippen molar-refractivity contribution in [3.05, 3.63) is 120 Å². The van der Waals surface area contributed by atoms with E-state index < -0.39 is 18.1 Å². The Morgan fingerprint density at radius 1 is 0.607 bits per heavy atom. The van der Waals surface area contributed by atoms with E-state index in [2.05, 4.69) is 107 Å². The number of amides is 1. The molecule has 16 nitrogen and oxygen atoms in total. The van der Waals surface area contributed by atoms with Gasteiger partial charge in [0.05, 0.1) is 60.3 Å². The van der Waals surface area contributed by atoms with Crippen LogP contribution in [0.4, 0.5) is 22.0 Å². The second-order valence-electron chi connectivity index (χ2n) is 30.0. The number of aliphatic hydroxyl groups is 2. The molecule has 4 aliphatic rings. The van der Waals surface area contributed by atoms with Crippen molar-refractivity contribution in [2.45, 2.75) is 227 Å². The fourth-order valence-corrected chi connectivity index (χ4v) is 10.8. The number of methoxy groups -OCH3 is 1. The summed E-state index contributed by atoms with van der Waals surface area (Å²) in [6.45, 7) is 54.9. The number of carbonyl (C=O) groups excluding carboxylic acids is 3. The number of benzene rings is 4. The molecule has 3 fully saturated rings. The molecule has 0 saturated carbocycles. The number of aliphatic carboxylic acids is 1. The Kier molecular flexibility index (Phi) is 57.5. The number of aromatic hydroxyl groups is 1. The first-order chi connectivity index (χ1) is 49.5. The normalized spacial score (nSPS) is 14.9. The highest BCUT2D eigenvalue weighted by molar-refractivity contribution is 9.10. The number of aliphatic hydroxyl groups excluding tert-OH is 2. The molecular formula is C82H133BrCl3F5N4O12. The lowest BCUT2D eigenvalue weighted by Gasteiger charge is -2.31. The largest absolute Gasteiger partial charge is 0.506 e. The number of alkyl halides is 3.